The van der Waals surface area contributed by atoms with Crippen LogP contribution in [0.4, 0.5) is 13.2 Å². The summed E-state index contributed by atoms with van der Waals surface area (Å²) >= 11 is 1.69. The van der Waals surface area contributed by atoms with Crippen molar-refractivity contribution in [2.24, 2.45) is 0 Å². The van der Waals surface area contributed by atoms with Gasteiger partial charge < -0.3 is 9.84 Å². The molecule has 1 aliphatic rings. The van der Waals surface area contributed by atoms with Crippen molar-refractivity contribution in [1.82, 2.24) is 0 Å². The molecule has 0 saturated carbocycles. The first-order valence-corrected chi connectivity index (χ1v) is 11.2. The van der Waals surface area contributed by atoms with Crippen LogP contribution in [-0.2, 0) is 23.1 Å². The van der Waals surface area contributed by atoms with Gasteiger partial charge in [-0.25, -0.2) is 0 Å². The second-order valence-electron chi connectivity index (χ2n) is 7.71. The second-order valence-corrected chi connectivity index (χ2v) is 8.76. The minimum atomic E-state index is -4.33. The molecule has 0 fully saturated rings. The van der Waals surface area contributed by atoms with E-state index >= 15 is 0 Å². The molecule has 1 unspecified atom stereocenters. The van der Waals surface area contributed by atoms with Crippen molar-refractivity contribution in [2.45, 2.75) is 42.2 Å². The maximum atomic E-state index is 12.7. The summed E-state index contributed by atoms with van der Waals surface area (Å²) < 4.78 is 44.0. The summed E-state index contributed by atoms with van der Waals surface area (Å²) in [4.78, 5) is 12.0. The van der Waals surface area contributed by atoms with E-state index < -0.39 is 17.7 Å². The normalized spacial score (nSPS) is 15.7. The van der Waals surface area contributed by atoms with E-state index in [4.69, 9.17) is 9.84 Å². The van der Waals surface area contributed by atoms with Gasteiger partial charge in [0.15, 0.2) is 0 Å². The van der Waals surface area contributed by atoms with Crippen LogP contribution >= 0.6 is 11.8 Å². The molecule has 0 amide bonds. The molecule has 0 aliphatic carbocycles. The highest BCUT2D eigenvalue weighted by Crippen LogP contribution is 2.34. The zero-order valence-electron chi connectivity index (χ0n) is 17.1. The zero-order chi connectivity index (χ0) is 22.7. The van der Waals surface area contributed by atoms with Gasteiger partial charge in [0.05, 0.1) is 12.0 Å². The van der Waals surface area contributed by atoms with E-state index in [0.29, 0.717) is 6.42 Å². The lowest BCUT2D eigenvalue weighted by Gasteiger charge is -2.25. The summed E-state index contributed by atoms with van der Waals surface area (Å²) in [5.74, 6) is 0.664. The minimum absolute atomic E-state index is 0.0123. The Bertz CT molecular complexity index is 1090. The van der Waals surface area contributed by atoms with Gasteiger partial charge >= 0.3 is 12.1 Å². The third kappa shape index (κ3) is 5.46. The number of fused-ring (bicyclic) bond motifs is 1. The van der Waals surface area contributed by atoms with Crippen LogP contribution in [0.2, 0.25) is 0 Å². The minimum Gasteiger partial charge on any atom is -0.490 e. The van der Waals surface area contributed by atoms with E-state index in [9.17, 15) is 18.0 Å². The van der Waals surface area contributed by atoms with Gasteiger partial charge in [0, 0.05) is 10.6 Å². The Morgan fingerprint density at radius 2 is 1.66 bits per heavy atom. The van der Waals surface area contributed by atoms with Crippen LogP contribution in [-0.4, -0.2) is 17.2 Å². The first kappa shape index (κ1) is 22.3. The van der Waals surface area contributed by atoms with Gasteiger partial charge in [-0.05, 0) is 65.4 Å². The molecular weight excluding hydrogens is 437 g/mol. The van der Waals surface area contributed by atoms with Crippen molar-refractivity contribution in [3.8, 4) is 16.9 Å². The fraction of sp³-hybridized carbons (Fsp3) is 0.240. The van der Waals surface area contributed by atoms with Gasteiger partial charge in [0.2, 0.25) is 0 Å². The smallest absolute Gasteiger partial charge is 0.416 e. The second kappa shape index (κ2) is 9.28. The topological polar surface area (TPSA) is 46.5 Å². The van der Waals surface area contributed by atoms with Crippen LogP contribution < -0.4 is 4.74 Å². The zero-order valence-corrected chi connectivity index (χ0v) is 17.9. The molecule has 0 aromatic heterocycles. The van der Waals surface area contributed by atoms with Crippen molar-refractivity contribution >= 4 is 17.7 Å². The van der Waals surface area contributed by atoms with E-state index in [-0.39, 0.29) is 12.5 Å². The molecule has 1 aliphatic heterocycles. The Morgan fingerprint density at radius 3 is 2.28 bits per heavy atom. The molecule has 32 heavy (non-hydrogen) atoms. The molecule has 1 atom stereocenters. The number of carbonyl (C=O) groups is 1. The number of aliphatic carboxylic acids is 1. The van der Waals surface area contributed by atoms with E-state index in [2.05, 4.69) is 6.07 Å². The SMILES string of the molecule is O=C(O)CC1CCc2cc(SCc3ccc(-c4ccc(C(F)(F)F)cc4)cc3)ccc2O1. The van der Waals surface area contributed by atoms with Gasteiger partial charge in [-0.15, -0.1) is 11.8 Å². The lowest BCUT2D eigenvalue weighted by atomic mass is 10.0. The Morgan fingerprint density at radius 1 is 1.00 bits per heavy atom. The van der Waals surface area contributed by atoms with Gasteiger partial charge in [0.25, 0.3) is 0 Å². The quantitative estimate of drug-likeness (QED) is 0.411. The molecule has 1 N–H and O–H groups in total. The van der Waals surface area contributed by atoms with Gasteiger partial charge in [0.1, 0.15) is 11.9 Å². The Kier molecular flexibility index (Phi) is 6.46. The lowest BCUT2D eigenvalue weighted by molar-refractivity contribution is -0.139. The third-order valence-corrected chi connectivity index (χ3v) is 6.43. The van der Waals surface area contributed by atoms with Crippen LogP contribution in [0.25, 0.3) is 11.1 Å². The molecule has 4 rings (SSSR count). The first-order chi connectivity index (χ1) is 15.3. The summed E-state index contributed by atoms with van der Waals surface area (Å²) in [5, 5.41) is 8.93. The molecule has 0 spiro atoms. The van der Waals surface area contributed by atoms with E-state index in [1.807, 2.05) is 36.4 Å². The van der Waals surface area contributed by atoms with Crippen LogP contribution in [0.5, 0.6) is 5.75 Å². The third-order valence-electron chi connectivity index (χ3n) is 5.37. The highest BCUT2D eigenvalue weighted by atomic mass is 32.2. The molecule has 3 aromatic carbocycles. The lowest BCUT2D eigenvalue weighted by Crippen LogP contribution is -2.25. The molecule has 0 bridgehead atoms. The number of carboxylic acids is 1. The maximum absolute atomic E-state index is 12.7. The van der Waals surface area contributed by atoms with Gasteiger partial charge in [-0.3, -0.25) is 4.79 Å². The highest BCUT2D eigenvalue weighted by Gasteiger charge is 2.30. The number of benzene rings is 3. The number of hydrogen-bond donors (Lipinski definition) is 1. The van der Waals surface area contributed by atoms with Crippen LogP contribution in [0.15, 0.2) is 71.6 Å². The number of alkyl halides is 3. The van der Waals surface area contributed by atoms with Crippen molar-refractivity contribution in [3.63, 3.8) is 0 Å². The predicted octanol–water partition coefficient (Wildman–Crippen LogP) is 6.83. The Hall–Kier alpha value is -2.93. The fourth-order valence-electron chi connectivity index (χ4n) is 3.66. The maximum Gasteiger partial charge on any atom is 0.416 e. The summed E-state index contributed by atoms with van der Waals surface area (Å²) in [7, 11) is 0. The molecule has 0 saturated heterocycles. The monoisotopic (exact) mass is 458 g/mol. The summed E-state index contributed by atoms with van der Waals surface area (Å²) in [6.07, 6.45) is -3.11. The van der Waals surface area contributed by atoms with Crippen molar-refractivity contribution < 1.29 is 27.8 Å². The average Bonchev–Trinajstić information content (AvgIpc) is 2.77. The van der Waals surface area contributed by atoms with E-state index in [1.165, 1.54) is 12.1 Å². The largest absolute Gasteiger partial charge is 0.490 e. The highest BCUT2D eigenvalue weighted by molar-refractivity contribution is 7.98. The number of halogens is 3. The molecular formula is C25H21F3O3S. The van der Waals surface area contributed by atoms with Crippen molar-refractivity contribution in [2.75, 3.05) is 0 Å². The molecule has 3 nitrogen and oxygen atoms in total. The Labute approximate surface area is 188 Å². The average molecular weight is 459 g/mol. The molecule has 7 heteroatoms. The van der Waals surface area contributed by atoms with Gasteiger partial charge in [-0.1, -0.05) is 36.4 Å². The summed E-state index contributed by atoms with van der Waals surface area (Å²) in [6.45, 7) is 0. The number of aryl methyl sites for hydroxylation is 1. The van der Waals surface area contributed by atoms with Crippen LogP contribution in [0.3, 0.4) is 0 Å². The molecule has 0 radical (unpaired) electrons. The standard InChI is InChI=1S/C25H21F3O3S/c26-25(27,28)20-8-5-18(6-9-20)17-3-1-16(2-4-17)15-32-22-11-12-23-19(13-22)7-10-21(31-23)14-24(29)30/h1-6,8-9,11-13,21H,7,10,14-15H2,(H,29,30). The summed E-state index contributed by atoms with van der Waals surface area (Å²) in [5.41, 5.74) is 3.17. The van der Waals surface area contributed by atoms with E-state index in [0.717, 1.165) is 57.2 Å². The van der Waals surface area contributed by atoms with Crippen molar-refractivity contribution in [1.29, 1.82) is 0 Å². The molecule has 166 valence electrons. The number of ether oxygens (including phenoxy) is 1. The van der Waals surface area contributed by atoms with Crippen LogP contribution in [0, 0.1) is 0 Å². The van der Waals surface area contributed by atoms with Crippen molar-refractivity contribution in [3.05, 3.63) is 83.4 Å². The fourth-order valence-corrected chi connectivity index (χ4v) is 4.58. The number of hydrogen-bond acceptors (Lipinski definition) is 3. The number of carboxylic acid groups (broad SMARTS) is 1. The van der Waals surface area contributed by atoms with E-state index in [1.54, 1.807) is 11.8 Å². The van der Waals surface area contributed by atoms with Crippen LogP contribution in [0.1, 0.15) is 29.5 Å². The predicted molar refractivity (Wildman–Crippen MR) is 118 cm³/mol. The Balaban J connectivity index is 1.36. The number of rotatable bonds is 6. The number of thioether (sulfide) groups is 1. The summed E-state index contributed by atoms with van der Waals surface area (Å²) in [6, 6.07) is 19.0. The molecule has 3 aromatic rings. The van der Waals surface area contributed by atoms with Gasteiger partial charge in [-0.2, -0.15) is 13.2 Å². The first-order valence-electron chi connectivity index (χ1n) is 10.2. The molecule has 1 heterocycles.